The van der Waals surface area contributed by atoms with Crippen LogP contribution < -0.4 is 0 Å². The van der Waals surface area contributed by atoms with Gasteiger partial charge in [0.1, 0.15) is 0 Å². The number of aromatic nitrogens is 2. The molecule has 0 aromatic carbocycles. The Morgan fingerprint density at radius 2 is 2.25 bits per heavy atom. The highest BCUT2D eigenvalue weighted by Gasteiger charge is 2.14. The highest BCUT2D eigenvalue weighted by Crippen LogP contribution is 2.14. The lowest BCUT2D eigenvalue weighted by Gasteiger charge is -2.05. The van der Waals surface area contributed by atoms with Gasteiger partial charge in [0.15, 0.2) is 6.10 Å². The van der Waals surface area contributed by atoms with Crippen LogP contribution in [-0.4, -0.2) is 16.2 Å². The van der Waals surface area contributed by atoms with Crippen molar-refractivity contribution in [1.29, 1.82) is 0 Å². The summed E-state index contributed by atoms with van der Waals surface area (Å²) in [7, 11) is 0. The van der Waals surface area contributed by atoms with Gasteiger partial charge in [-0.15, -0.1) is 10.2 Å². The Bertz CT molecular complexity index is 282. The fourth-order valence-corrected chi connectivity index (χ4v) is 0.775. The lowest BCUT2D eigenvalue weighted by Crippen LogP contribution is -2.04. The third-order valence-corrected chi connectivity index (χ3v) is 1.23. The molecule has 5 heteroatoms. The quantitative estimate of drug-likeness (QED) is 0.619. The zero-order chi connectivity index (χ0) is 9.14. The summed E-state index contributed by atoms with van der Waals surface area (Å²) in [6.45, 7) is 4.69. The van der Waals surface area contributed by atoms with Gasteiger partial charge in [0, 0.05) is 13.8 Å². The van der Waals surface area contributed by atoms with Gasteiger partial charge in [0.05, 0.1) is 0 Å². The second-order valence-electron chi connectivity index (χ2n) is 2.41. The van der Waals surface area contributed by atoms with E-state index in [0.29, 0.717) is 11.8 Å². The molecule has 0 N–H and O–H groups in total. The Morgan fingerprint density at radius 3 is 2.67 bits per heavy atom. The van der Waals surface area contributed by atoms with Gasteiger partial charge in [-0.05, 0) is 6.92 Å². The summed E-state index contributed by atoms with van der Waals surface area (Å²) in [6.07, 6.45) is -0.469. The molecule has 0 spiro atoms. The molecule has 0 aliphatic rings. The minimum atomic E-state index is -0.469. The number of nitrogens with zero attached hydrogens (tertiary/aromatic N) is 2. The summed E-state index contributed by atoms with van der Waals surface area (Å²) < 4.78 is 9.86. The van der Waals surface area contributed by atoms with Crippen molar-refractivity contribution in [2.75, 3.05) is 0 Å². The topological polar surface area (TPSA) is 65.2 Å². The van der Waals surface area contributed by atoms with Gasteiger partial charge in [-0.2, -0.15) is 0 Å². The first-order valence-electron chi connectivity index (χ1n) is 3.57. The summed E-state index contributed by atoms with van der Waals surface area (Å²) in [4.78, 5) is 10.5. The highest BCUT2D eigenvalue weighted by atomic mass is 16.6. The molecule has 5 nitrogen and oxygen atoms in total. The van der Waals surface area contributed by atoms with Crippen molar-refractivity contribution in [3.05, 3.63) is 11.8 Å². The third-order valence-electron chi connectivity index (χ3n) is 1.23. The maximum atomic E-state index is 10.5. The van der Waals surface area contributed by atoms with Crippen LogP contribution >= 0.6 is 0 Å². The molecular weight excluding hydrogens is 160 g/mol. The lowest BCUT2D eigenvalue weighted by molar-refractivity contribution is -0.146. The van der Waals surface area contributed by atoms with Crippen molar-refractivity contribution in [3.8, 4) is 0 Å². The van der Waals surface area contributed by atoms with Gasteiger partial charge in [-0.1, -0.05) is 0 Å². The number of rotatable bonds is 2. The lowest BCUT2D eigenvalue weighted by atomic mass is 10.4. The van der Waals surface area contributed by atoms with Crippen LogP contribution in [0.25, 0.3) is 0 Å². The number of esters is 1. The Morgan fingerprint density at radius 1 is 1.58 bits per heavy atom. The van der Waals surface area contributed by atoms with Crippen LogP contribution in [0.4, 0.5) is 0 Å². The SMILES string of the molecule is CC(=O)O[C@@H](C)c1nnc(C)o1. The van der Waals surface area contributed by atoms with Crippen molar-refractivity contribution < 1.29 is 13.9 Å². The third kappa shape index (κ3) is 2.05. The molecule has 12 heavy (non-hydrogen) atoms. The summed E-state index contributed by atoms with van der Waals surface area (Å²) in [5, 5.41) is 7.31. The first-order valence-corrected chi connectivity index (χ1v) is 3.57. The normalized spacial score (nSPS) is 12.6. The van der Waals surface area contributed by atoms with Gasteiger partial charge in [0.2, 0.25) is 5.89 Å². The fraction of sp³-hybridized carbons (Fsp3) is 0.571. The highest BCUT2D eigenvalue weighted by molar-refractivity contribution is 5.66. The van der Waals surface area contributed by atoms with Crippen LogP contribution in [-0.2, 0) is 9.53 Å². The molecule has 1 aromatic heterocycles. The van der Waals surface area contributed by atoms with Gasteiger partial charge >= 0.3 is 5.97 Å². The average Bonchev–Trinajstić information content (AvgIpc) is 2.34. The molecule has 0 radical (unpaired) electrons. The molecule has 66 valence electrons. The van der Waals surface area contributed by atoms with Crippen molar-refractivity contribution in [3.63, 3.8) is 0 Å². The number of ether oxygens (including phenoxy) is 1. The van der Waals surface area contributed by atoms with Crippen LogP contribution in [0.1, 0.15) is 31.7 Å². The van der Waals surface area contributed by atoms with Crippen LogP contribution in [0, 0.1) is 6.92 Å². The van der Waals surface area contributed by atoms with E-state index in [9.17, 15) is 4.79 Å². The molecule has 1 rings (SSSR count). The Balaban J connectivity index is 2.64. The molecule has 0 aliphatic heterocycles. The number of hydrogen-bond donors (Lipinski definition) is 0. The van der Waals surface area contributed by atoms with Crippen LogP contribution in [0.2, 0.25) is 0 Å². The number of carbonyl (C=O) groups excluding carboxylic acids is 1. The average molecular weight is 170 g/mol. The number of hydrogen-bond acceptors (Lipinski definition) is 5. The predicted molar refractivity (Wildman–Crippen MR) is 39.2 cm³/mol. The van der Waals surface area contributed by atoms with E-state index in [-0.39, 0.29) is 5.97 Å². The van der Waals surface area contributed by atoms with Gasteiger partial charge in [-0.25, -0.2) is 0 Å². The summed E-state index contributed by atoms with van der Waals surface area (Å²) in [5.41, 5.74) is 0. The molecule has 1 atom stereocenters. The molecule has 0 saturated heterocycles. The van der Waals surface area contributed by atoms with E-state index in [2.05, 4.69) is 10.2 Å². The van der Waals surface area contributed by atoms with E-state index in [4.69, 9.17) is 9.15 Å². The molecular formula is C7H10N2O3. The number of carbonyl (C=O) groups is 1. The molecule has 0 unspecified atom stereocenters. The minimum absolute atomic E-state index is 0.322. The standard InChI is InChI=1S/C7H10N2O3/c1-4(11-6(3)10)7-9-8-5(2)12-7/h4H,1-3H3/t4-/m0/s1. The molecule has 0 fully saturated rings. The first-order chi connectivity index (χ1) is 5.59. The zero-order valence-corrected chi connectivity index (χ0v) is 7.20. The van der Waals surface area contributed by atoms with Crippen LogP contribution in [0.3, 0.4) is 0 Å². The van der Waals surface area contributed by atoms with Gasteiger partial charge in [-0.3, -0.25) is 4.79 Å². The summed E-state index contributed by atoms with van der Waals surface area (Å²) in [5.74, 6) is 0.421. The van der Waals surface area contributed by atoms with E-state index in [1.807, 2.05) is 0 Å². The van der Waals surface area contributed by atoms with Crippen molar-refractivity contribution in [1.82, 2.24) is 10.2 Å². The summed E-state index contributed by atoms with van der Waals surface area (Å²) in [6, 6.07) is 0. The zero-order valence-electron chi connectivity index (χ0n) is 7.20. The van der Waals surface area contributed by atoms with Crippen molar-refractivity contribution in [2.45, 2.75) is 26.9 Å². The molecule has 0 amide bonds. The summed E-state index contributed by atoms with van der Waals surface area (Å²) >= 11 is 0. The minimum Gasteiger partial charge on any atom is -0.453 e. The Labute approximate surface area is 69.7 Å². The van der Waals surface area contributed by atoms with Crippen molar-refractivity contribution >= 4 is 5.97 Å². The predicted octanol–water partition coefficient (Wildman–Crippen LogP) is 1.00. The first kappa shape index (κ1) is 8.70. The van der Waals surface area contributed by atoms with Crippen LogP contribution in [0.15, 0.2) is 4.42 Å². The van der Waals surface area contributed by atoms with Gasteiger partial charge in [0.25, 0.3) is 5.89 Å². The van der Waals surface area contributed by atoms with E-state index in [1.165, 1.54) is 6.92 Å². The maximum Gasteiger partial charge on any atom is 0.303 e. The molecule has 0 aliphatic carbocycles. The van der Waals surface area contributed by atoms with E-state index < -0.39 is 6.10 Å². The van der Waals surface area contributed by atoms with Crippen molar-refractivity contribution in [2.24, 2.45) is 0 Å². The molecule has 1 heterocycles. The van der Waals surface area contributed by atoms with Crippen LogP contribution in [0.5, 0.6) is 0 Å². The molecule has 0 saturated carbocycles. The van der Waals surface area contributed by atoms with E-state index in [1.54, 1.807) is 13.8 Å². The molecule has 0 bridgehead atoms. The van der Waals surface area contributed by atoms with Gasteiger partial charge < -0.3 is 9.15 Å². The molecule has 1 aromatic rings. The van der Waals surface area contributed by atoms with E-state index in [0.717, 1.165) is 0 Å². The second-order valence-corrected chi connectivity index (χ2v) is 2.41. The fourth-order valence-electron chi connectivity index (χ4n) is 0.775. The Kier molecular flexibility index (Phi) is 2.42. The second kappa shape index (κ2) is 3.34. The maximum absolute atomic E-state index is 10.5. The van der Waals surface area contributed by atoms with E-state index >= 15 is 0 Å². The Hall–Kier alpha value is -1.39. The number of aryl methyl sites for hydroxylation is 1. The smallest absolute Gasteiger partial charge is 0.303 e. The monoisotopic (exact) mass is 170 g/mol. The largest absolute Gasteiger partial charge is 0.453 e.